The van der Waals surface area contributed by atoms with Crippen molar-refractivity contribution in [3.05, 3.63) is 53.9 Å². The third kappa shape index (κ3) is 3.78. The number of ether oxygens (including phenoxy) is 1. The molecule has 2 aromatic rings. The van der Waals surface area contributed by atoms with Gasteiger partial charge in [0.1, 0.15) is 10.6 Å². The molecule has 0 saturated carbocycles. The van der Waals surface area contributed by atoms with Crippen molar-refractivity contribution in [2.75, 3.05) is 7.11 Å². The number of nitrogens with one attached hydrogen (secondary N) is 1. The van der Waals surface area contributed by atoms with Gasteiger partial charge in [-0.1, -0.05) is 12.1 Å². The van der Waals surface area contributed by atoms with Crippen LogP contribution < -0.4 is 15.2 Å². The van der Waals surface area contributed by atoms with E-state index < -0.39 is 10.0 Å². The molecular formula is C14H17N3O3S. The van der Waals surface area contributed by atoms with Crippen LogP contribution in [0.3, 0.4) is 0 Å². The largest absolute Gasteiger partial charge is 0.495 e. The smallest absolute Gasteiger partial charge is 0.244 e. The van der Waals surface area contributed by atoms with Crippen LogP contribution in [0.25, 0.3) is 0 Å². The molecule has 3 N–H and O–H groups in total. The van der Waals surface area contributed by atoms with E-state index in [9.17, 15) is 8.42 Å². The quantitative estimate of drug-likeness (QED) is 0.831. The van der Waals surface area contributed by atoms with E-state index in [4.69, 9.17) is 10.5 Å². The third-order valence-corrected chi connectivity index (χ3v) is 4.35. The van der Waals surface area contributed by atoms with Crippen molar-refractivity contribution in [2.24, 2.45) is 5.73 Å². The summed E-state index contributed by atoms with van der Waals surface area (Å²) >= 11 is 0. The van der Waals surface area contributed by atoms with Gasteiger partial charge in [-0.3, -0.25) is 4.98 Å². The highest BCUT2D eigenvalue weighted by molar-refractivity contribution is 7.89. The Bertz CT molecular complexity index is 703. The standard InChI is InChI=1S/C14H17N3O3S/c1-20-13-6-5-11(9-15)8-14(13)21(18,19)17-10-12-4-2-3-7-16-12/h2-8,17H,9-10,15H2,1H3. The van der Waals surface area contributed by atoms with Gasteiger partial charge in [-0.05, 0) is 29.8 Å². The number of nitrogens with two attached hydrogens (primary N) is 1. The molecule has 0 aliphatic rings. The summed E-state index contributed by atoms with van der Waals surface area (Å²) in [5, 5.41) is 0. The number of hydrogen-bond donors (Lipinski definition) is 2. The molecule has 21 heavy (non-hydrogen) atoms. The normalized spacial score (nSPS) is 11.3. The number of pyridine rings is 1. The van der Waals surface area contributed by atoms with Crippen LogP contribution in [0, 0.1) is 0 Å². The van der Waals surface area contributed by atoms with Gasteiger partial charge in [0.05, 0.1) is 19.3 Å². The Balaban J connectivity index is 2.26. The SMILES string of the molecule is COc1ccc(CN)cc1S(=O)(=O)NCc1ccccn1. The van der Waals surface area contributed by atoms with E-state index in [1.165, 1.54) is 13.2 Å². The maximum Gasteiger partial charge on any atom is 0.244 e. The minimum Gasteiger partial charge on any atom is -0.495 e. The van der Waals surface area contributed by atoms with Crippen LogP contribution in [0.5, 0.6) is 5.75 Å². The van der Waals surface area contributed by atoms with Gasteiger partial charge >= 0.3 is 0 Å². The van der Waals surface area contributed by atoms with Crippen molar-refractivity contribution in [1.29, 1.82) is 0 Å². The molecule has 2 rings (SSSR count). The van der Waals surface area contributed by atoms with Crippen LogP contribution >= 0.6 is 0 Å². The fourth-order valence-electron chi connectivity index (χ4n) is 1.81. The second-order valence-corrected chi connectivity index (χ2v) is 6.07. The van der Waals surface area contributed by atoms with E-state index >= 15 is 0 Å². The summed E-state index contributed by atoms with van der Waals surface area (Å²) in [6, 6.07) is 10.2. The third-order valence-electron chi connectivity index (χ3n) is 2.92. The van der Waals surface area contributed by atoms with Crippen molar-refractivity contribution in [2.45, 2.75) is 18.0 Å². The molecule has 1 aromatic carbocycles. The highest BCUT2D eigenvalue weighted by Crippen LogP contribution is 2.24. The molecule has 1 aromatic heterocycles. The fourth-order valence-corrected chi connectivity index (χ4v) is 3.02. The Morgan fingerprint density at radius 3 is 2.71 bits per heavy atom. The molecule has 0 spiro atoms. The van der Waals surface area contributed by atoms with Crippen molar-refractivity contribution >= 4 is 10.0 Å². The topological polar surface area (TPSA) is 94.3 Å². The van der Waals surface area contributed by atoms with Crippen LogP contribution in [0.1, 0.15) is 11.3 Å². The number of rotatable bonds is 6. The van der Waals surface area contributed by atoms with Gasteiger partial charge in [0.25, 0.3) is 0 Å². The second kappa shape index (κ2) is 6.66. The first-order valence-electron chi connectivity index (χ1n) is 6.33. The molecule has 0 radical (unpaired) electrons. The lowest BCUT2D eigenvalue weighted by Crippen LogP contribution is -2.24. The predicted molar refractivity (Wildman–Crippen MR) is 79.1 cm³/mol. The lowest BCUT2D eigenvalue weighted by molar-refractivity contribution is 0.402. The van der Waals surface area contributed by atoms with E-state index in [1.54, 1.807) is 36.5 Å². The van der Waals surface area contributed by atoms with Crippen molar-refractivity contribution < 1.29 is 13.2 Å². The molecule has 0 unspecified atom stereocenters. The molecule has 6 nitrogen and oxygen atoms in total. The van der Waals surface area contributed by atoms with Crippen molar-refractivity contribution in [3.8, 4) is 5.75 Å². The molecule has 7 heteroatoms. The lowest BCUT2D eigenvalue weighted by Gasteiger charge is -2.12. The van der Waals surface area contributed by atoms with Gasteiger partial charge in [-0.25, -0.2) is 13.1 Å². The van der Waals surface area contributed by atoms with Gasteiger partial charge in [0.2, 0.25) is 10.0 Å². The zero-order valence-corrected chi connectivity index (χ0v) is 12.4. The second-order valence-electron chi connectivity index (χ2n) is 4.33. The average molecular weight is 307 g/mol. The van der Waals surface area contributed by atoms with Gasteiger partial charge in [0.15, 0.2) is 0 Å². The molecule has 0 fully saturated rings. The number of benzene rings is 1. The molecule has 0 amide bonds. The number of hydrogen-bond acceptors (Lipinski definition) is 5. The number of nitrogens with zero attached hydrogens (tertiary/aromatic N) is 1. The van der Waals surface area contributed by atoms with E-state index in [0.29, 0.717) is 11.3 Å². The maximum absolute atomic E-state index is 12.4. The Morgan fingerprint density at radius 1 is 1.29 bits per heavy atom. The highest BCUT2D eigenvalue weighted by atomic mass is 32.2. The van der Waals surface area contributed by atoms with Crippen molar-refractivity contribution in [1.82, 2.24) is 9.71 Å². The van der Waals surface area contributed by atoms with E-state index in [1.807, 2.05) is 0 Å². The summed E-state index contributed by atoms with van der Waals surface area (Å²) in [6.07, 6.45) is 1.61. The minimum atomic E-state index is -3.70. The van der Waals surface area contributed by atoms with Crippen LogP contribution in [0.15, 0.2) is 47.5 Å². The van der Waals surface area contributed by atoms with Gasteiger partial charge < -0.3 is 10.5 Å². The maximum atomic E-state index is 12.4. The number of aromatic nitrogens is 1. The monoisotopic (exact) mass is 307 g/mol. The molecular weight excluding hydrogens is 290 g/mol. The molecule has 0 saturated heterocycles. The predicted octanol–water partition coefficient (Wildman–Crippen LogP) is 1.03. The Hall–Kier alpha value is -1.96. The Kier molecular flexibility index (Phi) is 4.89. The lowest BCUT2D eigenvalue weighted by atomic mass is 10.2. The summed E-state index contributed by atoms with van der Waals surface area (Å²) in [4.78, 5) is 4.15. The summed E-state index contributed by atoms with van der Waals surface area (Å²) in [7, 11) is -2.28. The zero-order chi connectivity index (χ0) is 15.3. The van der Waals surface area contributed by atoms with E-state index in [2.05, 4.69) is 9.71 Å². The molecule has 0 aliphatic heterocycles. The van der Waals surface area contributed by atoms with Crippen LogP contribution in [-0.4, -0.2) is 20.5 Å². The minimum absolute atomic E-state index is 0.0730. The van der Waals surface area contributed by atoms with Gasteiger partial charge in [0, 0.05) is 12.7 Å². The molecule has 112 valence electrons. The zero-order valence-electron chi connectivity index (χ0n) is 11.6. The van der Waals surface area contributed by atoms with Crippen molar-refractivity contribution in [3.63, 3.8) is 0 Å². The first-order valence-corrected chi connectivity index (χ1v) is 7.81. The van der Waals surface area contributed by atoms with Gasteiger partial charge in [-0.15, -0.1) is 0 Å². The Labute approximate surface area is 124 Å². The van der Waals surface area contributed by atoms with Crippen LogP contribution in [-0.2, 0) is 23.1 Å². The fraction of sp³-hybridized carbons (Fsp3) is 0.214. The van der Waals surface area contributed by atoms with E-state index in [0.717, 1.165) is 0 Å². The average Bonchev–Trinajstić information content (AvgIpc) is 2.53. The molecule has 0 bridgehead atoms. The van der Waals surface area contributed by atoms with Gasteiger partial charge in [-0.2, -0.15) is 0 Å². The summed E-state index contributed by atoms with van der Waals surface area (Å²) in [6.45, 7) is 0.367. The molecule has 0 aliphatic carbocycles. The summed E-state index contributed by atoms with van der Waals surface area (Å²) in [5.74, 6) is 0.278. The number of sulfonamides is 1. The first kappa shape index (κ1) is 15.4. The first-order chi connectivity index (χ1) is 10.1. The number of methoxy groups -OCH3 is 1. The molecule has 0 atom stereocenters. The molecule has 1 heterocycles. The highest BCUT2D eigenvalue weighted by Gasteiger charge is 2.19. The summed E-state index contributed by atoms with van der Waals surface area (Å²) in [5.41, 5.74) is 6.90. The van der Waals surface area contributed by atoms with Crippen LogP contribution in [0.2, 0.25) is 0 Å². The summed E-state index contributed by atoms with van der Waals surface area (Å²) < 4.78 is 32.4. The van der Waals surface area contributed by atoms with E-state index in [-0.39, 0.29) is 23.7 Å². The van der Waals surface area contributed by atoms with Crippen LogP contribution in [0.4, 0.5) is 0 Å². The Morgan fingerprint density at radius 2 is 2.10 bits per heavy atom.